The van der Waals surface area contributed by atoms with Gasteiger partial charge in [0.15, 0.2) is 0 Å². The third-order valence-corrected chi connectivity index (χ3v) is 3.76. The second kappa shape index (κ2) is 7.26. The lowest BCUT2D eigenvalue weighted by Crippen LogP contribution is -2.49. The van der Waals surface area contributed by atoms with Gasteiger partial charge in [-0.05, 0) is 45.4 Å². The highest BCUT2D eigenvalue weighted by Gasteiger charge is 2.26. The Morgan fingerprint density at radius 1 is 1.52 bits per heavy atom. The van der Waals surface area contributed by atoms with Crippen molar-refractivity contribution in [1.29, 1.82) is 0 Å². The Morgan fingerprint density at radius 3 is 3.00 bits per heavy atom. The highest BCUT2D eigenvalue weighted by atomic mass is 16.3. The topological polar surface area (TPSA) is 83.4 Å². The molecule has 3 atom stereocenters. The van der Waals surface area contributed by atoms with Crippen LogP contribution >= 0.6 is 0 Å². The van der Waals surface area contributed by atoms with E-state index in [1.807, 2.05) is 0 Å². The molecule has 21 heavy (non-hydrogen) atoms. The lowest BCUT2D eigenvalue weighted by molar-refractivity contribution is -0.131. The minimum atomic E-state index is -0.544. The fraction of sp³-hybridized carbons (Fsp3) is 0.600. The number of carbonyl (C=O) groups is 2. The van der Waals surface area contributed by atoms with E-state index < -0.39 is 6.04 Å². The molecule has 1 aromatic heterocycles. The highest BCUT2D eigenvalue weighted by molar-refractivity contribution is 5.88. The summed E-state index contributed by atoms with van der Waals surface area (Å²) in [5, 5.41) is 8.84. The Labute approximate surface area is 124 Å². The maximum atomic E-state index is 12.2. The molecular formula is C15H23N3O3. The summed E-state index contributed by atoms with van der Waals surface area (Å²) in [6.45, 7) is 4.94. The number of amides is 2. The number of hydrogen-bond donors (Lipinski definition) is 3. The fourth-order valence-electron chi connectivity index (χ4n) is 2.51. The molecule has 1 aromatic rings. The summed E-state index contributed by atoms with van der Waals surface area (Å²) in [5.74, 6) is 0.432. The third kappa shape index (κ3) is 4.60. The SMILES string of the molecule is CC(NC(=O)[C@H]1CCN[C@@H](C)C1)C(=O)NCc1ccco1. The fourth-order valence-corrected chi connectivity index (χ4v) is 2.51. The second-order valence-electron chi connectivity index (χ2n) is 5.60. The van der Waals surface area contributed by atoms with Crippen LogP contribution in [0.4, 0.5) is 0 Å². The van der Waals surface area contributed by atoms with E-state index in [1.54, 1.807) is 25.3 Å². The summed E-state index contributed by atoms with van der Waals surface area (Å²) in [7, 11) is 0. The van der Waals surface area contributed by atoms with Crippen LogP contribution in [-0.4, -0.2) is 30.4 Å². The third-order valence-electron chi connectivity index (χ3n) is 3.76. The van der Waals surface area contributed by atoms with Crippen LogP contribution in [0.1, 0.15) is 32.4 Å². The Hall–Kier alpha value is -1.82. The average Bonchev–Trinajstić information content (AvgIpc) is 2.97. The molecule has 0 aromatic carbocycles. The first-order valence-electron chi connectivity index (χ1n) is 7.40. The number of rotatable bonds is 5. The van der Waals surface area contributed by atoms with Gasteiger partial charge in [-0.15, -0.1) is 0 Å². The van der Waals surface area contributed by atoms with Crippen molar-refractivity contribution in [3.8, 4) is 0 Å². The van der Waals surface area contributed by atoms with Gasteiger partial charge in [0, 0.05) is 12.0 Å². The van der Waals surface area contributed by atoms with Gasteiger partial charge in [0.1, 0.15) is 11.8 Å². The number of furan rings is 1. The van der Waals surface area contributed by atoms with Crippen molar-refractivity contribution in [2.75, 3.05) is 6.54 Å². The standard InChI is InChI=1S/C15H23N3O3/c1-10-8-12(5-6-16-10)15(20)18-11(2)14(19)17-9-13-4-3-7-21-13/h3-4,7,10-12,16H,5-6,8-9H2,1-2H3,(H,17,19)(H,18,20)/t10-,11?,12-/m0/s1. The normalized spacial score (nSPS) is 23.3. The Morgan fingerprint density at radius 2 is 2.33 bits per heavy atom. The van der Waals surface area contributed by atoms with Crippen molar-refractivity contribution in [2.45, 2.75) is 45.3 Å². The first-order valence-corrected chi connectivity index (χ1v) is 7.40. The Kier molecular flexibility index (Phi) is 5.38. The molecule has 6 heteroatoms. The molecule has 1 aliphatic heterocycles. The lowest BCUT2D eigenvalue weighted by Gasteiger charge is -2.28. The average molecular weight is 293 g/mol. The van der Waals surface area contributed by atoms with Gasteiger partial charge < -0.3 is 20.4 Å². The molecule has 0 radical (unpaired) electrons. The summed E-state index contributed by atoms with van der Waals surface area (Å²) in [6, 6.07) is 3.36. The van der Waals surface area contributed by atoms with Crippen LogP contribution in [0.5, 0.6) is 0 Å². The van der Waals surface area contributed by atoms with Crippen LogP contribution in [0, 0.1) is 5.92 Å². The largest absolute Gasteiger partial charge is 0.467 e. The van der Waals surface area contributed by atoms with E-state index in [0.29, 0.717) is 18.3 Å². The quantitative estimate of drug-likeness (QED) is 0.749. The minimum Gasteiger partial charge on any atom is -0.467 e. The summed E-state index contributed by atoms with van der Waals surface area (Å²) in [5.41, 5.74) is 0. The molecule has 0 bridgehead atoms. The highest BCUT2D eigenvalue weighted by Crippen LogP contribution is 2.16. The molecule has 0 saturated carbocycles. The Bertz CT molecular complexity index is 473. The van der Waals surface area contributed by atoms with Crippen LogP contribution in [0.2, 0.25) is 0 Å². The van der Waals surface area contributed by atoms with Crippen LogP contribution in [0.3, 0.4) is 0 Å². The molecule has 3 N–H and O–H groups in total. The lowest BCUT2D eigenvalue weighted by atomic mass is 9.92. The Balaban J connectivity index is 1.75. The monoisotopic (exact) mass is 293 g/mol. The summed E-state index contributed by atoms with van der Waals surface area (Å²) >= 11 is 0. The van der Waals surface area contributed by atoms with E-state index >= 15 is 0 Å². The van der Waals surface area contributed by atoms with Crippen molar-refractivity contribution in [1.82, 2.24) is 16.0 Å². The van der Waals surface area contributed by atoms with Gasteiger partial charge in [-0.2, -0.15) is 0 Å². The maximum Gasteiger partial charge on any atom is 0.242 e. The van der Waals surface area contributed by atoms with E-state index in [9.17, 15) is 9.59 Å². The van der Waals surface area contributed by atoms with Crippen LogP contribution in [-0.2, 0) is 16.1 Å². The molecule has 1 unspecified atom stereocenters. The van der Waals surface area contributed by atoms with E-state index in [2.05, 4.69) is 22.9 Å². The van der Waals surface area contributed by atoms with Gasteiger partial charge >= 0.3 is 0 Å². The molecule has 0 spiro atoms. The first kappa shape index (κ1) is 15.6. The van der Waals surface area contributed by atoms with Crippen LogP contribution in [0.25, 0.3) is 0 Å². The summed E-state index contributed by atoms with van der Waals surface area (Å²) in [6.07, 6.45) is 3.19. The predicted molar refractivity (Wildman–Crippen MR) is 78.3 cm³/mol. The molecule has 1 fully saturated rings. The second-order valence-corrected chi connectivity index (χ2v) is 5.60. The van der Waals surface area contributed by atoms with E-state index in [-0.39, 0.29) is 17.7 Å². The van der Waals surface area contributed by atoms with Crippen LogP contribution in [0.15, 0.2) is 22.8 Å². The number of hydrogen-bond acceptors (Lipinski definition) is 4. The molecule has 2 heterocycles. The van der Waals surface area contributed by atoms with E-state index in [0.717, 1.165) is 19.4 Å². The van der Waals surface area contributed by atoms with E-state index in [1.165, 1.54) is 0 Å². The minimum absolute atomic E-state index is 0.0124. The predicted octanol–water partition coefficient (Wildman–Crippen LogP) is 0.789. The number of nitrogens with one attached hydrogen (secondary N) is 3. The van der Waals surface area contributed by atoms with Crippen molar-refractivity contribution < 1.29 is 14.0 Å². The molecule has 2 amide bonds. The van der Waals surface area contributed by atoms with Crippen molar-refractivity contribution in [2.24, 2.45) is 5.92 Å². The van der Waals surface area contributed by atoms with Gasteiger partial charge in [0.25, 0.3) is 0 Å². The maximum absolute atomic E-state index is 12.2. The molecule has 116 valence electrons. The summed E-state index contributed by atoms with van der Waals surface area (Å²) < 4.78 is 5.14. The van der Waals surface area contributed by atoms with Gasteiger partial charge in [0.2, 0.25) is 11.8 Å². The van der Waals surface area contributed by atoms with Gasteiger partial charge in [-0.25, -0.2) is 0 Å². The molecule has 6 nitrogen and oxygen atoms in total. The molecule has 1 aliphatic rings. The zero-order valence-corrected chi connectivity index (χ0v) is 12.5. The first-order chi connectivity index (χ1) is 10.1. The molecular weight excluding hydrogens is 270 g/mol. The van der Waals surface area contributed by atoms with Gasteiger partial charge in [-0.1, -0.05) is 0 Å². The van der Waals surface area contributed by atoms with Gasteiger partial charge in [-0.3, -0.25) is 9.59 Å². The smallest absolute Gasteiger partial charge is 0.242 e. The molecule has 1 saturated heterocycles. The number of carbonyl (C=O) groups excluding carboxylic acids is 2. The van der Waals surface area contributed by atoms with Crippen molar-refractivity contribution >= 4 is 11.8 Å². The number of piperidine rings is 1. The van der Waals surface area contributed by atoms with Crippen molar-refractivity contribution in [3.05, 3.63) is 24.2 Å². The van der Waals surface area contributed by atoms with Crippen LogP contribution < -0.4 is 16.0 Å². The van der Waals surface area contributed by atoms with Crippen molar-refractivity contribution in [3.63, 3.8) is 0 Å². The summed E-state index contributed by atoms with van der Waals surface area (Å²) in [4.78, 5) is 24.1. The zero-order valence-electron chi connectivity index (χ0n) is 12.5. The van der Waals surface area contributed by atoms with E-state index in [4.69, 9.17) is 4.42 Å². The van der Waals surface area contributed by atoms with Gasteiger partial charge in [0.05, 0.1) is 12.8 Å². The molecule has 0 aliphatic carbocycles. The molecule has 2 rings (SSSR count). The zero-order chi connectivity index (χ0) is 15.2.